The standard InChI is InChI=1S/C12H15N3O4/c1-8-6-14(7-9(8)12(16)19-2)11-10(15(17)18)4-3-5-13-11/h3-5,8-9H,6-7H2,1-2H3. The van der Waals surface area contributed by atoms with E-state index in [1.165, 1.54) is 25.4 Å². The van der Waals surface area contributed by atoms with Crippen molar-refractivity contribution in [2.45, 2.75) is 6.92 Å². The Morgan fingerprint density at radius 1 is 1.58 bits per heavy atom. The predicted molar refractivity (Wildman–Crippen MR) is 67.8 cm³/mol. The number of carbonyl (C=O) groups excluding carboxylic acids is 1. The molecular weight excluding hydrogens is 250 g/mol. The summed E-state index contributed by atoms with van der Waals surface area (Å²) in [6.45, 7) is 2.87. The molecule has 19 heavy (non-hydrogen) atoms. The van der Waals surface area contributed by atoms with Crippen LogP contribution in [-0.4, -0.2) is 36.1 Å². The molecule has 102 valence electrons. The molecule has 1 fully saturated rings. The Hall–Kier alpha value is -2.18. The molecule has 0 amide bonds. The van der Waals surface area contributed by atoms with E-state index in [1.54, 1.807) is 4.90 Å². The first-order valence-corrected chi connectivity index (χ1v) is 5.96. The van der Waals surface area contributed by atoms with Crippen molar-refractivity contribution in [2.75, 3.05) is 25.1 Å². The maximum absolute atomic E-state index is 11.6. The quantitative estimate of drug-likeness (QED) is 0.464. The van der Waals surface area contributed by atoms with Gasteiger partial charge in [-0.3, -0.25) is 14.9 Å². The number of aromatic nitrogens is 1. The van der Waals surface area contributed by atoms with Crippen molar-refractivity contribution in [3.63, 3.8) is 0 Å². The first-order valence-electron chi connectivity index (χ1n) is 5.96. The van der Waals surface area contributed by atoms with Gasteiger partial charge >= 0.3 is 11.7 Å². The molecule has 0 aliphatic carbocycles. The molecule has 1 aliphatic rings. The molecule has 1 aromatic rings. The normalized spacial score (nSPS) is 22.3. The number of carbonyl (C=O) groups is 1. The first-order chi connectivity index (χ1) is 9.04. The minimum atomic E-state index is -0.460. The molecule has 2 heterocycles. The Balaban J connectivity index is 2.25. The summed E-state index contributed by atoms with van der Waals surface area (Å²) in [6.07, 6.45) is 1.51. The lowest BCUT2D eigenvalue weighted by molar-refractivity contribution is -0.384. The number of rotatable bonds is 3. The molecule has 7 heteroatoms. The molecule has 1 aliphatic heterocycles. The topological polar surface area (TPSA) is 85.6 Å². The fraction of sp³-hybridized carbons (Fsp3) is 0.500. The van der Waals surface area contributed by atoms with Crippen molar-refractivity contribution in [1.29, 1.82) is 0 Å². The molecule has 2 atom stereocenters. The molecule has 1 aromatic heterocycles. The Morgan fingerprint density at radius 3 is 2.95 bits per heavy atom. The van der Waals surface area contributed by atoms with Crippen LogP contribution in [0.1, 0.15) is 6.92 Å². The fourth-order valence-corrected chi connectivity index (χ4v) is 2.37. The van der Waals surface area contributed by atoms with Crippen molar-refractivity contribution in [3.05, 3.63) is 28.4 Å². The van der Waals surface area contributed by atoms with E-state index >= 15 is 0 Å². The van der Waals surface area contributed by atoms with Crippen LogP contribution in [0.5, 0.6) is 0 Å². The highest BCUT2D eigenvalue weighted by atomic mass is 16.6. The van der Waals surface area contributed by atoms with Gasteiger partial charge in [-0.1, -0.05) is 6.92 Å². The van der Waals surface area contributed by atoms with Gasteiger partial charge in [-0.25, -0.2) is 4.98 Å². The summed E-state index contributed by atoms with van der Waals surface area (Å²) in [6, 6.07) is 2.94. The number of esters is 1. The van der Waals surface area contributed by atoms with Crippen LogP contribution in [0.25, 0.3) is 0 Å². The lowest BCUT2D eigenvalue weighted by atomic mass is 9.99. The molecular formula is C12H15N3O4. The van der Waals surface area contributed by atoms with Gasteiger partial charge in [0.25, 0.3) is 0 Å². The Bertz CT molecular complexity index is 506. The summed E-state index contributed by atoms with van der Waals surface area (Å²) in [7, 11) is 1.35. The lowest BCUT2D eigenvalue weighted by Crippen LogP contribution is -2.25. The maximum atomic E-state index is 11.6. The number of pyridine rings is 1. The van der Waals surface area contributed by atoms with E-state index in [-0.39, 0.29) is 23.5 Å². The van der Waals surface area contributed by atoms with Gasteiger partial charge in [-0.15, -0.1) is 0 Å². The third kappa shape index (κ3) is 2.49. The zero-order valence-electron chi connectivity index (χ0n) is 10.8. The number of nitrogens with zero attached hydrogens (tertiary/aromatic N) is 3. The maximum Gasteiger partial charge on any atom is 0.311 e. The van der Waals surface area contributed by atoms with Crippen molar-refractivity contribution in [1.82, 2.24) is 4.98 Å². The van der Waals surface area contributed by atoms with Gasteiger partial charge in [0.1, 0.15) is 0 Å². The zero-order chi connectivity index (χ0) is 14.0. The Morgan fingerprint density at radius 2 is 2.32 bits per heavy atom. The van der Waals surface area contributed by atoms with Gasteiger partial charge in [-0.2, -0.15) is 0 Å². The average molecular weight is 265 g/mol. The number of nitro groups is 1. The predicted octanol–water partition coefficient (Wildman–Crippen LogP) is 1.24. The van der Waals surface area contributed by atoms with Gasteiger partial charge in [0.15, 0.2) is 0 Å². The van der Waals surface area contributed by atoms with Gasteiger partial charge in [-0.05, 0) is 12.0 Å². The van der Waals surface area contributed by atoms with Crippen LogP contribution in [0, 0.1) is 22.0 Å². The van der Waals surface area contributed by atoms with Crippen LogP contribution in [0.2, 0.25) is 0 Å². The van der Waals surface area contributed by atoms with E-state index in [2.05, 4.69) is 4.98 Å². The summed E-state index contributed by atoms with van der Waals surface area (Å²) < 4.78 is 4.75. The molecule has 0 aromatic carbocycles. The van der Waals surface area contributed by atoms with Crippen molar-refractivity contribution in [2.24, 2.45) is 11.8 Å². The smallest absolute Gasteiger partial charge is 0.311 e. The van der Waals surface area contributed by atoms with E-state index in [0.717, 1.165) is 0 Å². The summed E-state index contributed by atoms with van der Waals surface area (Å²) in [4.78, 5) is 28.0. The Labute approximate surface area is 110 Å². The van der Waals surface area contributed by atoms with Crippen molar-refractivity contribution < 1.29 is 14.5 Å². The average Bonchev–Trinajstić information content (AvgIpc) is 2.79. The first kappa shape index (κ1) is 13.3. The molecule has 0 N–H and O–H groups in total. The largest absolute Gasteiger partial charge is 0.469 e. The molecule has 0 spiro atoms. The highest BCUT2D eigenvalue weighted by molar-refractivity contribution is 5.75. The minimum Gasteiger partial charge on any atom is -0.469 e. The van der Waals surface area contributed by atoms with Crippen LogP contribution >= 0.6 is 0 Å². The van der Waals surface area contributed by atoms with E-state index in [9.17, 15) is 14.9 Å². The molecule has 0 radical (unpaired) electrons. The van der Waals surface area contributed by atoms with Crippen LogP contribution in [0.4, 0.5) is 11.5 Å². The van der Waals surface area contributed by atoms with Crippen molar-refractivity contribution >= 4 is 17.5 Å². The van der Waals surface area contributed by atoms with E-state index in [0.29, 0.717) is 18.9 Å². The molecule has 7 nitrogen and oxygen atoms in total. The second-order valence-corrected chi connectivity index (χ2v) is 4.62. The monoisotopic (exact) mass is 265 g/mol. The minimum absolute atomic E-state index is 0.0415. The van der Waals surface area contributed by atoms with Gasteiger partial charge in [0.2, 0.25) is 5.82 Å². The van der Waals surface area contributed by atoms with E-state index in [1.807, 2.05) is 6.92 Å². The SMILES string of the molecule is COC(=O)C1CN(c2ncccc2[N+](=O)[O-])CC1C. The number of anilines is 1. The van der Waals surface area contributed by atoms with Crippen molar-refractivity contribution in [3.8, 4) is 0 Å². The van der Waals surface area contributed by atoms with Gasteiger partial charge in [0, 0.05) is 25.4 Å². The van der Waals surface area contributed by atoms with Crippen LogP contribution < -0.4 is 4.90 Å². The van der Waals surface area contributed by atoms with Crippen LogP contribution in [-0.2, 0) is 9.53 Å². The summed E-state index contributed by atoms with van der Waals surface area (Å²) >= 11 is 0. The van der Waals surface area contributed by atoms with Crippen LogP contribution in [0.3, 0.4) is 0 Å². The molecule has 2 unspecified atom stereocenters. The highest BCUT2D eigenvalue weighted by Gasteiger charge is 2.38. The highest BCUT2D eigenvalue weighted by Crippen LogP contribution is 2.32. The van der Waals surface area contributed by atoms with E-state index < -0.39 is 4.92 Å². The number of hydrogen-bond donors (Lipinski definition) is 0. The third-order valence-electron chi connectivity index (χ3n) is 3.38. The number of methoxy groups -OCH3 is 1. The summed E-state index contributed by atoms with van der Waals surface area (Å²) in [5.74, 6) is -0.167. The lowest BCUT2D eigenvalue weighted by Gasteiger charge is -2.16. The summed E-state index contributed by atoms with van der Waals surface area (Å²) in [5.41, 5.74) is -0.0415. The number of ether oxygens (including phenoxy) is 1. The third-order valence-corrected chi connectivity index (χ3v) is 3.38. The second kappa shape index (κ2) is 5.21. The molecule has 0 bridgehead atoms. The summed E-state index contributed by atoms with van der Waals surface area (Å²) in [5, 5.41) is 11.0. The van der Waals surface area contributed by atoms with Crippen LogP contribution in [0.15, 0.2) is 18.3 Å². The van der Waals surface area contributed by atoms with E-state index in [4.69, 9.17) is 4.74 Å². The second-order valence-electron chi connectivity index (χ2n) is 4.62. The Kier molecular flexibility index (Phi) is 3.64. The zero-order valence-corrected chi connectivity index (χ0v) is 10.8. The van der Waals surface area contributed by atoms with Gasteiger partial charge in [0.05, 0.1) is 18.0 Å². The number of hydrogen-bond acceptors (Lipinski definition) is 6. The molecule has 2 rings (SSSR count). The fourth-order valence-electron chi connectivity index (χ4n) is 2.37. The molecule has 1 saturated heterocycles. The molecule has 0 saturated carbocycles. The van der Waals surface area contributed by atoms with Gasteiger partial charge < -0.3 is 9.64 Å².